The van der Waals surface area contributed by atoms with Crippen molar-refractivity contribution >= 4 is 181 Å². The van der Waals surface area contributed by atoms with E-state index in [1.54, 1.807) is 111 Å². The number of hydrogen-bond donors (Lipinski definition) is 32. The summed E-state index contributed by atoms with van der Waals surface area (Å²) in [6, 6.07) is 0. The van der Waals surface area contributed by atoms with E-state index in [9.17, 15) is 158 Å². The Balaban J connectivity index is -0.000000907. The number of aliphatic hydroxyl groups is 16. The van der Waals surface area contributed by atoms with Crippen LogP contribution in [-0.2, 0) is 76.7 Å². The molecular weight excluding hydrogens is 2050 g/mol. The van der Waals surface area contributed by atoms with Crippen LogP contribution in [0.15, 0.2) is 0 Å². The average Bonchev–Trinajstić information content (AvgIpc) is 0.904. The SMILES string of the molecule is CC(C)(CO)[C@@H](O)C(=O)NCCC(=O)NCCSSCCNC(=O)CCNC(=O)[C@H](O)C(C)(C)CO.CC(C)(CO)[C@@H](O)C(=O)NCCC(=O)NCCSSCCNC(=O)CCNC(=O)[C@H](O)C(C)(C)CO.CC(C)(CO)[C@@H](O)C(=O)NCCC(=O)NCCSSCCNC(=O)CCNC(=O)[C@H](O)C(C)(C)CO.CC(C)(CO)[C@@H](O)C(=O)NCCC(=O)NCCSSCCNC(=O)CCNC(=O)[C@H](O)C(C)(C)CO. The second kappa shape index (κ2) is 79.7. The molecule has 0 radical (unpaired) electrons. The molecule has 8 atom stereocenters. The van der Waals surface area contributed by atoms with Gasteiger partial charge in [0.05, 0.1) is 52.9 Å². The molecule has 0 bridgehead atoms. The van der Waals surface area contributed by atoms with Crippen LogP contribution in [0.4, 0.5) is 0 Å². The average molecular weight is 2220 g/mol. The third kappa shape index (κ3) is 68.4. The van der Waals surface area contributed by atoms with Crippen molar-refractivity contribution in [1.82, 2.24) is 85.1 Å². The van der Waals surface area contributed by atoms with E-state index in [-0.39, 0.29) is 204 Å². The zero-order valence-electron chi connectivity index (χ0n) is 85.9. The van der Waals surface area contributed by atoms with Crippen molar-refractivity contribution in [3.05, 3.63) is 0 Å². The van der Waals surface area contributed by atoms with Gasteiger partial charge in [-0.1, -0.05) is 197 Å². The maximum absolute atomic E-state index is 11.8. The molecule has 0 aromatic rings. The van der Waals surface area contributed by atoms with Crippen molar-refractivity contribution in [2.75, 3.05) is 204 Å². The van der Waals surface area contributed by atoms with Gasteiger partial charge in [-0.25, -0.2) is 0 Å². The predicted molar refractivity (Wildman–Crippen MR) is 560 cm³/mol. The molecule has 144 heavy (non-hydrogen) atoms. The quantitative estimate of drug-likeness (QED) is 0.0199. The highest BCUT2D eigenvalue weighted by Crippen LogP contribution is 2.28. The third-order valence-corrected chi connectivity index (χ3v) is 30.4. The summed E-state index contributed by atoms with van der Waals surface area (Å²) in [5.74, 6) is -1.71. The van der Waals surface area contributed by atoms with Crippen LogP contribution in [0.1, 0.15) is 162 Å². The molecule has 0 fully saturated rings. The van der Waals surface area contributed by atoms with E-state index >= 15 is 0 Å². The molecule has 0 aromatic carbocycles. The maximum Gasteiger partial charge on any atom is 0.249 e. The highest BCUT2D eigenvalue weighted by Gasteiger charge is 2.40. The van der Waals surface area contributed by atoms with E-state index in [0.29, 0.717) is 98.4 Å². The largest absolute Gasteiger partial charge is 0.396 e. The standard InChI is InChI=1S/4C22H42N4O8S2/c4*1-21(2,13-27)17(31)19(33)25-7-5-15(29)23-9-11-35-36-12-10-24-16(30)6-8-26-20(34)18(32)22(3,4)14-28/h4*17-18,27-28,31-32H,5-14H2,1-4H3,(H,23,29)(H,24,30)(H,25,33)(H,26,34)/t4*17-,18-/m0000/s1. The van der Waals surface area contributed by atoms with E-state index in [0.717, 1.165) is 0 Å². The maximum atomic E-state index is 11.8. The Hall–Kier alpha value is -6.32. The fraction of sp³-hybridized carbons (Fsp3) is 0.818. The van der Waals surface area contributed by atoms with Gasteiger partial charge in [-0.15, -0.1) is 0 Å². The van der Waals surface area contributed by atoms with Crippen LogP contribution in [-0.4, -0.2) is 429 Å². The molecule has 0 aliphatic rings. The third-order valence-electron chi connectivity index (χ3n) is 20.8. The molecule has 0 aromatic heterocycles. The first-order chi connectivity index (χ1) is 67.1. The molecule has 0 heterocycles. The zero-order valence-corrected chi connectivity index (χ0v) is 92.4. The molecule has 840 valence electrons. The van der Waals surface area contributed by atoms with Gasteiger partial charge in [-0.05, 0) is 0 Å². The Morgan fingerprint density at radius 2 is 0.243 bits per heavy atom. The molecule has 16 amide bonds. The van der Waals surface area contributed by atoms with Gasteiger partial charge in [-0.3, -0.25) is 76.7 Å². The summed E-state index contributed by atoms with van der Waals surface area (Å²) < 4.78 is 0. The number of hydrogen-bond acceptors (Lipinski definition) is 40. The lowest BCUT2D eigenvalue weighted by atomic mass is 9.87. The second-order valence-corrected chi connectivity index (χ2v) is 48.9. The Morgan fingerprint density at radius 3 is 0.319 bits per heavy atom. The van der Waals surface area contributed by atoms with Crippen molar-refractivity contribution in [1.29, 1.82) is 0 Å². The monoisotopic (exact) mass is 2220 g/mol. The number of rotatable bonds is 76. The topological polar surface area (TPSA) is 789 Å². The van der Waals surface area contributed by atoms with E-state index in [4.69, 9.17) is 0 Å². The zero-order chi connectivity index (χ0) is 111. The molecule has 0 spiro atoms. The second-order valence-electron chi connectivity index (χ2n) is 38.1. The van der Waals surface area contributed by atoms with Gasteiger partial charge in [0, 0.05) is 245 Å². The molecule has 0 rings (SSSR count). The molecule has 0 aliphatic carbocycles. The van der Waals surface area contributed by atoms with Crippen LogP contribution >= 0.6 is 86.4 Å². The Morgan fingerprint density at radius 1 is 0.160 bits per heavy atom. The molecule has 56 heteroatoms. The predicted octanol–water partition coefficient (Wildman–Crippen LogP) is -6.51. The van der Waals surface area contributed by atoms with Crippen molar-refractivity contribution in [2.24, 2.45) is 43.3 Å². The van der Waals surface area contributed by atoms with Crippen molar-refractivity contribution in [3.63, 3.8) is 0 Å². The molecule has 48 nitrogen and oxygen atoms in total. The summed E-state index contributed by atoms with van der Waals surface area (Å²) >= 11 is 0. The highest BCUT2D eigenvalue weighted by molar-refractivity contribution is 8.77. The van der Waals surface area contributed by atoms with Crippen LogP contribution in [0.3, 0.4) is 0 Å². The summed E-state index contributed by atoms with van der Waals surface area (Å²) in [5, 5.41) is 194. The van der Waals surface area contributed by atoms with Gasteiger partial charge in [0.2, 0.25) is 94.5 Å². The van der Waals surface area contributed by atoms with Gasteiger partial charge in [0.15, 0.2) is 0 Å². The van der Waals surface area contributed by atoms with Crippen LogP contribution < -0.4 is 85.1 Å². The summed E-state index contributed by atoms with van der Waals surface area (Å²) in [7, 11) is 12.3. The summed E-state index contributed by atoms with van der Waals surface area (Å²) in [6.45, 7) is 26.4. The van der Waals surface area contributed by atoms with Gasteiger partial charge in [0.25, 0.3) is 0 Å². The van der Waals surface area contributed by atoms with Crippen LogP contribution in [0.25, 0.3) is 0 Å². The molecule has 0 saturated carbocycles. The van der Waals surface area contributed by atoms with E-state index in [2.05, 4.69) is 85.1 Å². The van der Waals surface area contributed by atoms with Gasteiger partial charge in [-0.2, -0.15) is 0 Å². The fourth-order valence-electron chi connectivity index (χ4n) is 9.73. The van der Waals surface area contributed by atoms with Crippen LogP contribution in [0.2, 0.25) is 0 Å². The molecule has 0 aliphatic heterocycles. The van der Waals surface area contributed by atoms with Crippen molar-refractivity contribution in [2.45, 2.75) is 211 Å². The first-order valence-electron chi connectivity index (χ1n) is 46.8. The lowest BCUT2D eigenvalue weighted by Crippen LogP contribution is -2.46. The fourth-order valence-corrected chi connectivity index (χ4v) is 17.0. The molecule has 0 unspecified atom stereocenters. The van der Waals surface area contributed by atoms with Crippen molar-refractivity contribution < 1.29 is 158 Å². The first-order valence-corrected chi connectivity index (χ1v) is 56.7. The van der Waals surface area contributed by atoms with Crippen LogP contribution in [0.5, 0.6) is 0 Å². The number of carbonyl (C=O) groups excluding carboxylic acids is 16. The van der Waals surface area contributed by atoms with Gasteiger partial charge < -0.3 is 167 Å². The minimum Gasteiger partial charge on any atom is -0.396 e. The Bertz CT molecular complexity index is 3070. The molecular formula is C88H168N16O32S8. The normalized spacial score (nSPS) is 13.4. The van der Waals surface area contributed by atoms with Gasteiger partial charge in [0.1, 0.15) is 48.8 Å². The Kier molecular flexibility index (Phi) is 79.7. The molecule has 32 N–H and O–H groups in total. The lowest BCUT2D eigenvalue weighted by Gasteiger charge is -2.27. The molecule has 0 saturated heterocycles. The Labute approximate surface area is 876 Å². The number of amides is 16. The lowest BCUT2D eigenvalue weighted by molar-refractivity contribution is -0.137. The van der Waals surface area contributed by atoms with Crippen molar-refractivity contribution in [3.8, 4) is 0 Å². The number of aliphatic hydroxyl groups excluding tert-OH is 16. The highest BCUT2D eigenvalue weighted by atomic mass is 33.1. The number of nitrogens with one attached hydrogen (secondary N) is 16. The summed E-state index contributed by atoms with van der Waals surface area (Å²) in [4.78, 5) is 189. The van der Waals surface area contributed by atoms with Crippen LogP contribution in [0, 0.1) is 43.3 Å². The minimum absolute atomic E-state index is 0.0699. The summed E-state index contributed by atoms with van der Waals surface area (Å²) in [5.41, 5.74) is -7.74. The minimum atomic E-state index is -1.37. The smallest absolute Gasteiger partial charge is 0.249 e. The first kappa shape index (κ1) is 144. The van der Waals surface area contributed by atoms with E-state index < -0.39 is 139 Å². The number of carbonyl (C=O) groups is 16. The van der Waals surface area contributed by atoms with Gasteiger partial charge >= 0.3 is 0 Å². The van der Waals surface area contributed by atoms with E-state index in [1.807, 2.05) is 0 Å². The van der Waals surface area contributed by atoms with E-state index in [1.165, 1.54) is 86.4 Å². The summed E-state index contributed by atoms with van der Waals surface area (Å²) in [6.07, 6.45) is -10.4.